The molecule has 1 aromatic rings. The number of hydrogen-bond acceptors (Lipinski definition) is 4. The molecule has 0 bridgehead atoms. The minimum absolute atomic E-state index is 0.0256. The number of aliphatic hydroxyl groups excluding tert-OH is 1. The Balaban J connectivity index is 2.76. The number of nitrogens with one attached hydrogen (secondary N) is 1. The summed E-state index contributed by atoms with van der Waals surface area (Å²) < 4.78 is 28.1. The highest BCUT2D eigenvalue weighted by atomic mass is 32.2. The first kappa shape index (κ1) is 16.1. The molecule has 0 aliphatic carbocycles. The smallest absolute Gasteiger partial charge is 0.259 e. The van der Waals surface area contributed by atoms with E-state index in [1.54, 1.807) is 4.57 Å². The third kappa shape index (κ3) is 4.29. The second kappa shape index (κ2) is 5.60. The molecule has 0 fully saturated rings. The van der Waals surface area contributed by atoms with E-state index >= 15 is 0 Å². The first-order valence-electron chi connectivity index (χ1n) is 6.25. The normalized spacial score (nSPS) is 14.9. The Hall–Kier alpha value is -0.920. The number of nitrogens with zero attached hydrogens (tertiary/aromatic N) is 2. The molecule has 0 saturated carbocycles. The molecular formula is C12H23N3O3S. The molecule has 0 saturated heterocycles. The predicted molar refractivity (Wildman–Crippen MR) is 73.3 cm³/mol. The van der Waals surface area contributed by atoms with Crippen molar-refractivity contribution in [1.29, 1.82) is 0 Å². The van der Waals surface area contributed by atoms with Crippen molar-refractivity contribution in [3.8, 4) is 0 Å². The van der Waals surface area contributed by atoms with Gasteiger partial charge in [-0.3, -0.25) is 0 Å². The lowest BCUT2D eigenvalue weighted by atomic mass is 9.89. The van der Waals surface area contributed by atoms with Gasteiger partial charge in [-0.05, 0) is 19.3 Å². The van der Waals surface area contributed by atoms with Gasteiger partial charge in [0, 0.05) is 18.8 Å². The SMILES string of the molecule is CC(C)n1cnc(S(=O)(=O)NCC(O)C(C)(C)C)c1. The number of aliphatic hydroxyl groups is 1. The molecule has 110 valence electrons. The number of aromatic nitrogens is 2. The Bertz CT molecular complexity index is 515. The summed E-state index contributed by atoms with van der Waals surface area (Å²) in [6, 6.07) is 0.150. The number of imidazole rings is 1. The number of sulfonamides is 1. The van der Waals surface area contributed by atoms with E-state index in [1.807, 2.05) is 34.6 Å². The molecule has 1 unspecified atom stereocenters. The van der Waals surface area contributed by atoms with Gasteiger partial charge in [-0.2, -0.15) is 0 Å². The van der Waals surface area contributed by atoms with Crippen molar-refractivity contribution in [3.05, 3.63) is 12.5 Å². The van der Waals surface area contributed by atoms with Gasteiger partial charge >= 0.3 is 0 Å². The zero-order valence-electron chi connectivity index (χ0n) is 12.1. The van der Waals surface area contributed by atoms with Gasteiger partial charge in [0.15, 0.2) is 5.03 Å². The molecule has 0 amide bonds. The zero-order chi connectivity index (χ0) is 14.8. The van der Waals surface area contributed by atoms with Crippen molar-refractivity contribution in [2.45, 2.75) is 51.8 Å². The van der Waals surface area contributed by atoms with Gasteiger partial charge in [0.05, 0.1) is 12.4 Å². The average molecular weight is 289 g/mol. The fraction of sp³-hybridized carbons (Fsp3) is 0.750. The van der Waals surface area contributed by atoms with Crippen LogP contribution in [0.2, 0.25) is 0 Å². The molecule has 1 aromatic heterocycles. The van der Waals surface area contributed by atoms with Crippen molar-refractivity contribution in [3.63, 3.8) is 0 Å². The molecule has 7 heteroatoms. The molecule has 1 heterocycles. The molecule has 0 spiro atoms. The fourth-order valence-electron chi connectivity index (χ4n) is 1.31. The van der Waals surface area contributed by atoms with Gasteiger partial charge < -0.3 is 9.67 Å². The number of rotatable bonds is 5. The molecular weight excluding hydrogens is 266 g/mol. The quantitative estimate of drug-likeness (QED) is 0.851. The van der Waals surface area contributed by atoms with E-state index in [-0.39, 0.29) is 23.0 Å². The summed E-state index contributed by atoms with van der Waals surface area (Å²) in [7, 11) is -3.67. The van der Waals surface area contributed by atoms with E-state index in [0.717, 1.165) is 0 Å². The standard InChI is InChI=1S/C12H23N3O3S/c1-9(2)15-7-11(13-8-15)19(17,18)14-6-10(16)12(3,4)5/h7-10,14,16H,6H2,1-5H3. The zero-order valence-corrected chi connectivity index (χ0v) is 12.9. The molecule has 6 nitrogen and oxygen atoms in total. The first-order chi connectivity index (χ1) is 8.54. The lowest BCUT2D eigenvalue weighted by molar-refractivity contribution is 0.0677. The van der Waals surface area contributed by atoms with Crippen LogP contribution >= 0.6 is 0 Å². The molecule has 0 radical (unpaired) electrons. The maximum atomic E-state index is 12.0. The van der Waals surface area contributed by atoms with Crippen molar-refractivity contribution in [2.75, 3.05) is 6.54 Å². The van der Waals surface area contributed by atoms with E-state index in [4.69, 9.17) is 0 Å². The summed E-state index contributed by atoms with van der Waals surface area (Å²) in [5.41, 5.74) is -0.375. The molecule has 0 aromatic carbocycles. The van der Waals surface area contributed by atoms with Crippen molar-refractivity contribution < 1.29 is 13.5 Å². The summed E-state index contributed by atoms with van der Waals surface area (Å²) >= 11 is 0. The van der Waals surface area contributed by atoms with E-state index in [9.17, 15) is 13.5 Å². The van der Waals surface area contributed by atoms with Gasteiger partial charge in [-0.1, -0.05) is 20.8 Å². The Morgan fingerprint density at radius 3 is 2.42 bits per heavy atom. The van der Waals surface area contributed by atoms with Crippen LogP contribution in [-0.4, -0.2) is 35.7 Å². The van der Waals surface area contributed by atoms with Crippen molar-refractivity contribution in [1.82, 2.24) is 14.3 Å². The lowest BCUT2D eigenvalue weighted by Crippen LogP contribution is -2.39. The molecule has 2 N–H and O–H groups in total. The van der Waals surface area contributed by atoms with Crippen molar-refractivity contribution >= 4 is 10.0 Å². The van der Waals surface area contributed by atoms with Gasteiger partial charge in [0.1, 0.15) is 0 Å². The molecule has 19 heavy (non-hydrogen) atoms. The molecule has 0 aliphatic heterocycles. The Labute approximate surface area is 114 Å². The van der Waals surface area contributed by atoms with E-state index in [1.165, 1.54) is 12.5 Å². The van der Waals surface area contributed by atoms with Gasteiger partial charge in [0.2, 0.25) is 0 Å². The first-order valence-corrected chi connectivity index (χ1v) is 7.73. The van der Waals surface area contributed by atoms with Crippen LogP contribution in [0.15, 0.2) is 17.6 Å². The Morgan fingerprint density at radius 2 is 2.00 bits per heavy atom. The predicted octanol–water partition coefficient (Wildman–Crippen LogP) is 1.15. The van der Waals surface area contributed by atoms with Crippen LogP contribution in [0, 0.1) is 5.41 Å². The second-order valence-electron chi connectivity index (χ2n) is 5.99. The third-order valence-corrected chi connectivity index (χ3v) is 4.22. The minimum atomic E-state index is -3.67. The van der Waals surface area contributed by atoms with Crippen molar-refractivity contribution in [2.24, 2.45) is 5.41 Å². The average Bonchev–Trinajstić information content (AvgIpc) is 2.74. The maximum absolute atomic E-state index is 12.0. The van der Waals surface area contributed by atoms with Gasteiger partial charge in [-0.25, -0.2) is 18.1 Å². The largest absolute Gasteiger partial charge is 0.391 e. The summed E-state index contributed by atoms with van der Waals surface area (Å²) in [6.45, 7) is 9.39. The van der Waals surface area contributed by atoms with Crippen LogP contribution in [0.25, 0.3) is 0 Å². The maximum Gasteiger partial charge on any atom is 0.259 e. The van der Waals surface area contributed by atoms with Crippen LogP contribution < -0.4 is 4.72 Å². The Kier molecular flexibility index (Phi) is 4.76. The van der Waals surface area contributed by atoms with Crippen LogP contribution in [-0.2, 0) is 10.0 Å². The minimum Gasteiger partial charge on any atom is -0.391 e. The van der Waals surface area contributed by atoms with Crippen LogP contribution in [0.4, 0.5) is 0 Å². The highest BCUT2D eigenvalue weighted by Gasteiger charge is 2.25. The second-order valence-corrected chi connectivity index (χ2v) is 7.70. The molecule has 0 aliphatic rings. The van der Waals surface area contributed by atoms with E-state index in [0.29, 0.717) is 0 Å². The third-order valence-electron chi connectivity index (χ3n) is 2.92. The summed E-state index contributed by atoms with van der Waals surface area (Å²) in [4.78, 5) is 3.88. The summed E-state index contributed by atoms with van der Waals surface area (Å²) in [5.74, 6) is 0. The van der Waals surface area contributed by atoms with E-state index in [2.05, 4.69) is 9.71 Å². The lowest BCUT2D eigenvalue weighted by Gasteiger charge is -2.25. The molecule has 1 atom stereocenters. The van der Waals surface area contributed by atoms with Crippen LogP contribution in [0.1, 0.15) is 40.7 Å². The van der Waals surface area contributed by atoms with E-state index < -0.39 is 16.1 Å². The Morgan fingerprint density at radius 1 is 1.42 bits per heavy atom. The molecule has 1 rings (SSSR count). The highest BCUT2D eigenvalue weighted by Crippen LogP contribution is 2.19. The highest BCUT2D eigenvalue weighted by molar-refractivity contribution is 7.89. The fourth-order valence-corrected chi connectivity index (χ4v) is 2.28. The monoisotopic (exact) mass is 289 g/mol. The number of hydrogen-bond donors (Lipinski definition) is 2. The topological polar surface area (TPSA) is 84.2 Å². The van der Waals surface area contributed by atoms with Gasteiger partial charge in [0.25, 0.3) is 10.0 Å². The van der Waals surface area contributed by atoms with Crippen LogP contribution in [0.3, 0.4) is 0 Å². The van der Waals surface area contributed by atoms with Gasteiger partial charge in [-0.15, -0.1) is 0 Å². The summed E-state index contributed by atoms with van der Waals surface area (Å²) in [6.07, 6.45) is 2.21. The summed E-state index contributed by atoms with van der Waals surface area (Å²) in [5, 5.41) is 9.81. The van der Waals surface area contributed by atoms with Crippen LogP contribution in [0.5, 0.6) is 0 Å².